The Labute approximate surface area is 174 Å². The van der Waals surface area contributed by atoms with Gasteiger partial charge in [0, 0.05) is 6.42 Å². The predicted molar refractivity (Wildman–Crippen MR) is 115 cm³/mol. The molecule has 0 saturated heterocycles. The van der Waals surface area contributed by atoms with Gasteiger partial charge in [0.15, 0.2) is 10.8 Å². The Balaban J connectivity index is 1.39. The number of aliphatic hydroxyl groups excluding tert-OH is 1. The minimum atomic E-state index is -0.279. The van der Waals surface area contributed by atoms with Crippen LogP contribution in [0.3, 0.4) is 0 Å². The van der Waals surface area contributed by atoms with Crippen molar-refractivity contribution in [2.24, 2.45) is 0 Å². The zero-order valence-corrected chi connectivity index (χ0v) is 17.6. The largest absolute Gasteiger partial charge is 0.391 e. The van der Waals surface area contributed by atoms with Crippen molar-refractivity contribution < 1.29 is 5.11 Å². The van der Waals surface area contributed by atoms with Gasteiger partial charge in [-0.3, -0.25) is 0 Å². The van der Waals surface area contributed by atoms with Gasteiger partial charge in [0.1, 0.15) is 4.60 Å². The second kappa shape index (κ2) is 7.42. The van der Waals surface area contributed by atoms with Crippen LogP contribution in [0.1, 0.15) is 36.9 Å². The highest BCUT2D eigenvalue weighted by Crippen LogP contribution is 2.30. The Morgan fingerprint density at radius 1 is 1.21 bits per heavy atom. The van der Waals surface area contributed by atoms with Crippen LogP contribution in [0.15, 0.2) is 41.1 Å². The molecule has 5 rings (SSSR count). The van der Waals surface area contributed by atoms with E-state index >= 15 is 0 Å². The van der Waals surface area contributed by atoms with Crippen molar-refractivity contribution in [3.05, 3.63) is 52.4 Å². The van der Waals surface area contributed by atoms with E-state index in [2.05, 4.69) is 49.5 Å². The quantitative estimate of drug-likeness (QED) is 0.474. The number of aliphatic hydroxyl groups is 1. The van der Waals surface area contributed by atoms with E-state index in [1.807, 2.05) is 22.8 Å². The van der Waals surface area contributed by atoms with Gasteiger partial charge in [0.2, 0.25) is 0 Å². The molecule has 3 heterocycles. The monoisotopic (exact) mass is 457 g/mol. The molecular formula is C20H20BrN5OS. The van der Waals surface area contributed by atoms with Crippen LogP contribution in [0, 0.1) is 0 Å². The van der Waals surface area contributed by atoms with Crippen molar-refractivity contribution in [1.29, 1.82) is 0 Å². The van der Waals surface area contributed by atoms with Crippen molar-refractivity contribution in [2.45, 2.75) is 44.2 Å². The first-order valence-corrected chi connectivity index (χ1v) is 11.1. The van der Waals surface area contributed by atoms with Gasteiger partial charge >= 0.3 is 0 Å². The third kappa shape index (κ3) is 3.52. The number of rotatable bonds is 4. The molecule has 0 radical (unpaired) electrons. The van der Waals surface area contributed by atoms with E-state index in [1.165, 1.54) is 5.56 Å². The highest BCUT2D eigenvalue weighted by atomic mass is 79.9. The van der Waals surface area contributed by atoms with E-state index in [-0.39, 0.29) is 12.1 Å². The SMILES string of the molecule is OC1CCCCC1Nc1nc2ccc(Cc3cnc4ccc(Br)nn34)cc2s1. The smallest absolute Gasteiger partial charge is 0.184 e. The van der Waals surface area contributed by atoms with E-state index in [0.717, 1.165) is 63.4 Å². The van der Waals surface area contributed by atoms with E-state index < -0.39 is 0 Å². The minimum Gasteiger partial charge on any atom is -0.391 e. The van der Waals surface area contributed by atoms with Crippen LogP contribution in [0.4, 0.5) is 5.13 Å². The Kier molecular flexibility index (Phi) is 4.78. The normalized spacial score (nSPS) is 20.1. The zero-order valence-electron chi connectivity index (χ0n) is 15.2. The van der Waals surface area contributed by atoms with Crippen LogP contribution >= 0.6 is 27.3 Å². The van der Waals surface area contributed by atoms with Crippen LogP contribution in [0.25, 0.3) is 15.9 Å². The minimum absolute atomic E-state index is 0.108. The first-order valence-electron chi connectivity index (χ1n) is 9.49. The average Bonchev–Trinajstić information content (AvgIpc) is 3.27. The summed E-state index contributed by atoms with van der Waals surface area (Å²) in [5.74, 6) is 0. The molecule has 0 amide bonds. The van der Waals surface area contributed by atoms with Crippen LogP contribution in [0.5, 0.6) is 0 Å². The number of benzene rings is 1. The molecule has 1 aromatic carbocycles. The van der Waals surface area contributed by atoms with Crippen molar-refractivity contribution in [3.63, 3.8) is 0 Å². The lowest BCUT2D eigenvalue weighted by Gasteiger charge is -2.27. The fourth-order valence-electron chi connectivity index (χ4n) is 3.81. The number of aromatic nitrogens is 4. The molecule has 2 N–H and O–H groups in total. The molecule has 6 nitrogen and oxygen atoms in total. The van der Waals surface area contributed by atoms with Crippen molar-refractivity contribution >= 4 is 48.3 Å². The molecule has 1 aliphatic rings. The summed E-state index contributed by atoms with van der Waals surface area (Å²) in [4.78, 5) is 9.13. The first-order chi connectivity index (χ1) is 13.7. The number of anilines is 1. The maximum Gasteiger partial charge on any atom is 0.184 e. The molecule has 28 heavy (non-hydrogen) atoms. The Morgan fingerprint density at radius 3 is 3.00 bits per heavy atom. The standard InChI is InChI=1S/C20H20BrN5OS/c21-18-7-8-19-22-11-13(26(19)25-18)9-12-5-6-15-17(10-12)28-20(24-15)23-14-3-1-2-4-16(14)27/h5-8,10-11,14,16,27H,1-4,9H2,(H,23,24). The topological polar surface area (TPSA) is 75.3 Å². The third-order valence-corrected chi connectivity index (χ3v) is 6.65. The molecule has 8 heteroatoms. The first kappa shape index (κ1) is 18.0. The summed E-state index contributed by atoms with van der Waals surface area (Å²) in [6.45, 7) is 0. The van der Waals surface area contributed by atoms with Crippen molar-refractivity contribution in [1.82, 2.24) is 19.6 Å². The van der Waals surface area contributed by atoms with E-state index in [0.29, 0.717) is 0 Å². The number of thiazole rings is 1. The molecule has 0 bridgehead atoms. The van der Waals surface area contributed by atoms with Gasteiger partial charge in [-0.1, -0.05) is 30.2 Å². The van der Waals surface area contributed by atoms with Gasteiger partial charge in [-0.25, -0.2) is 14.5 Å². The number of nitrogens with one attached hydrogen (secondary N) is 1. The number of fused-ring (bicyclic) bond motifs is 2. The van der Waals surface area contributed by atoms with Crippen molar-refractivity contribution in [3.8, 4) is 0 Å². The van der Waals surface area contributed by atoms with Crippen LogP contribution in [0.2, 0.25) is 0 Å². The summed E-state index contributed by atoms with van der Waals surface area (Å²) in [5.41, 5.74) is 4.07. The number of halogens is 1. The second-order valence-electron chi connectivity index (χ2n) is 7.28. The van der Waals surface area contributed by atoms with Crippen LogP contribution in [-0.2, 0) is 6.42 Å². The molecule has 4 aromatic rings. The summed E-state index contributed by atoms with van der Waals surface area (Å²) in [6, 6.07) is 10.3. The lowest BCUT2D eigenvalue weighted by molar-refractivity contribution is 0.116. The van der Waals surface area contributed by atoms with E-state index in [1.54, 1.807) is 11.3 Å². The second-order valence-corrected chi connectivity index (χ2v) is 9.12. The molecule has 1 fully saturated rings. The average molecular weight is 458 g/mol. The lowest BCUT2D eigenvalue weighted by atomic mass is 9.93. The van der Waals surface area contributed by atoms with Crippen LogP contribution in [-0.4, -0.2) is 36.8 Å². The number of imidazole rings is 1. The predicted octanol–water partition coefficient (Wildman–Crippen LogP) is 4.41. The molecule has 2 unspecified atom stereocenters. The van der Waals surface area contributed by atoms with Gasteiger partial charge < -0.3 is 10.4 Å². The van der Waals surface area contributed by atoms with E-state index in [4.69, 9.17) is 4.98 Å². The zero-order chi connectivity index (χ0) is 19.1. The molecule has 144 valence electrons. The summed E-state index contributed by atoms with van der Waals surface area (Å²) in [6.07, 6.45) is 6.49. The number of hydrogen-bond acceptors (Lipinski definition) is 6. The highest BCUT2D eigenvalue weighted by Gasteiger charge is 2.23. The number of nitrogens with zero attached hydrogens (tertiary/aromatic N) is 4. The lowest BCUT2D eigenvalue weighted by Crippen LogP contribution is -2.36. The van der Waals surface area contributed by atoms with Gasteiger partial charge in [-0.05, 0) is 58.6 Å². The summed E-state index contributed by atoms with van der Waals surface area (Å²) >= 11 is 5.07. The maximum absolute atomic E-state index is 10.2. The Hall–Kier alpha value is -2.03. The highest BCUT2D eigenvalue weighted by molar-refractivity contribution is 9.10. The summed E-state index contributed by atoms with van der Waals surface area (Å²) < 4.78 is 3.81. The van der Waals surface area contributed by atoms with E-state index in [9.17, 15) is 5.11 Å². The summed E-state index contributed by atoms with van der Waals surface area (Å²) in [7, 11) is 0. The Bertz CT molecular complexity index is 1140. The van der Waals surface area contributed by atoms with Crippen molar-refractivity contribution in [2.75, 3.05) is 5.32 Å². The van der Waals surface area contributed by atoms with Gasteiger partial charge in [-0.15, -0.1) is 0 Å². The molecule has 1 aliphatic carbocycles. The molecule has 2 atom stereocenters. The molecule has 0 spiro atoms. The fraction of sp³-hybridized carbons (Fsp3) is 0.350. The molecule has 3 aromatic heterocycles. The Morgan fingerprint density at radius 2 is 2.11 bits per heavy atom. The number of hydrogen-bond donors (Lipinski definition) is 2. The van der Waals surface area contributed by atoms with Crippen LogP contribution < -0.4 is 5.32 Å². The fourth-order valence-corrected chi connectivity index (χ4v) is 5.09. The van der Waals surface area contributed by atoms with Gasteiger partial charge in [0.05, 0.1) is 34.3 Å². The molecular weight excluding hydrogens is 438 g/mol. The maximum atomic E-state index is 10.2. The molecule has 0 aliphatic heterocycles. The van der Waals surface area contributed by atoms with Gasteiger partial charge in [0.25, 0.3) is 0 Å². The van der Waals surface area contributed by atoms with Gasteiger partial charge in [-0.2, -0.15) is 5.10 Å². The summed E-state index contributed by atoms with van der Waals surface area (Å²) in [5, 5.41) is 19.0. The third-order valence-electron chi connectivity index (χ3n) is 5.28. The molecule has 1 saturated carbocycles.